The Kier molecular flexibility index (Phi) is 1.79. The fourth-order valence-electron chi connectivity index (χ4n) is 1.80. The van der Waals surface area contributed by atoms with Crippen molar-refractivity contribution in [2.24, 2.45) is 0 Å². The summed E-state index contributed by atoms with van der Waals surface area (Å²) in [5.74, 6) is -0.826. The zero-order chi connectivity index (χ0) is 8.89. The van der Waals surface area contributed by atoms with Crippen LogP contribution in [0.25, 0.3) is 0 Å². The molecule has 72 valence electrons. The predicted octanol–water partition coefficient (Wildman–Crippen LogP) is 0.763. The summed E-state index contributed by atoms with van der Waals surface area (Å²) in [5, 5.41) is 0. The summed E-state index contributed by atoms with van der Waals surface area (Å²) in [6.07, 6.45) is 1.56. The van der Waals surface area contributed by atoms with Crippen molar-refractivity contribution < 1.29 is 18.9 Å². The average Bonchev–Trinajstić information content (AvgIpc) is 2.67. The molecular formula is C8H9BrO4. The highest BCUT2D eigenvalue weighted by atomic mass is 79.9. The molecule has 1 spiro atoms. The number of hydrogen-bond acceptors (Lipinski definition) is 4. The molecule has 3 heterocycles. The van der Waals surface area contributed by atoms with Crippen LogP contribution in [0.4, 0.5) is 0 Å². The van der Waals surface area contributed by atoms with E-state index >= 15 is 0 Å². The molecule has 0 amide bonds. The number of ether oxygens (including phenoxy) is 4. The quantitative estimate of drug-likeness (QED) is 0.635. The summed E-state index contributed by atoms with van der Waals surface area (Å²) in [6.45, 7) is 1.74. The third kappa shape index (κ3) is 1.05. The van der Waals surface area contributed by atoms with E-state index in [1.165, 1.54) is 0 Å². The van der Waals surface area contributed by atoms with Gasteiger partial charge in [-0.15, -0.1) is 0 Å². The lowest BCUT2D eigenvalue weighted by atomic mass is 10.2. The molecule has 3 rings (SSSR count). The van der Waals surface area contributed by atoms with Gasteiger partial charge in [-0.25, -0.2) is 0 Å². The molecule has 13 heavy (non-hydrogen) atoms. The van der Waals surface area contributed by atoms with Crippen molar-refractivity contribution in [1.29, 1.82) is 0 Å². The number of fused-ring (bicyclic) bond motifs is 3. The predicted molar refractivity (Wildman–Crippen MR) is 46.3 cm³/mol. The summed E-state index contributed by atoms with van der Waals surface area (Å²) in [6, 6.07) is 0. The Balaban J connectivity index is 2.01. The monoisotopic (exact) mass is 248 g/mol. The molecule has 0 aromatic carbocycles. The Morgan fingerprint density at radius 2 is 2.15 bits per heavy atom. The molecule has 5 heteroatoms. The van der Waals surface area contributed by atoms with Crippen LogP contribution in [0.5, 0.6) is 0 Å². The molecule has 0 saturated carbocycles. The highest BCUT2D eigenvalue weighted by Gasteiger charge is 2.55. The van der Waals surface area contributed by atoms with Gasteiger partial charge in [-0.05, 0) is 22.0 Å². The van der Waals surface area contributed by atoms with Crippen LogP contribution >= 0.6 is 15.9 Å². The third-order valence-corrected chi connectivity index (χ3v) is 3.22. The third-order valence-electron chi connectivity index (χ3n) is 2.40. The molecule has 4 nitrogen and oxygen atoms in total. The largest absolute Gasteiger partial charge is 0.344 e. The van der Waals surface area contributed by atoms with Gasteiger partial charge >= 0.3 is 0 Å². The van der Waals surface area contributed by atoms with E-state index in [4.69, 9.17) is 18.9 Å². The van der Waals surface area contributed by atoms with Crippen LogP contribution in [0.15, 0.2) is 10.6 Å². The molecule has 2 fully saturated rings. The van der Waals surface area contributed by atoms with Crippen LogP contribution in [-0.4, -0.2) is 38.0 Å². The van der Waals surface area contributed by atoms with E-state index < -0.39 is 12.1 Å². The first-order chi connectivity index (χ1) is 6.31. The van der Waals surface area contributed by atoms with Crippen LogP contribution in [0.1, 0.15) is 0 Å². The van der Waals surface area contributed by atoms with Gasteiger partial charge in [0.15, 0.2) is 0 Å². The Morgan fingerprint density at radius 1 is 1.38 bits per heavy atom. The second-order valence-corrected chi connectivity index (χ2v) is 4.07. The molecule has 0 N–H and O–H groups in total. The Morgan fingerprint density at radius 3 is 2.92 bits per heavy atom. The second kappa shape index (κ2) is 2.77. The van der Waals surface area contributed by atoms with Crippen molar-refractivity contribution in [3.63, 3.8) is 0 Å². The topological polar surface area (TPSA) is 36.9 Å². The van der Waals surface area contributed by atoms with E-state index in [-0.39, 0.29) is 6.10 Å². The van der Waals surface area contributed by atoms with E-state index in [9.17, 15) is 0 Å². The molecule has 0 aromatic rings. The van der Waals surface area contributed by atoms with Gasteiger partial charge in [0.05, 0.1) is 24.3 Å². The molecule has 2 atom stereocenters. The van der Waals surface area contributed by atoms with E-state index in [1.807, 2.05) is 6.08 Å². The number of halogens is 1. The molecule has 0 aliphatic carbocycles. The summed E-state index contributed by atoms with van der Waals surface area (Å²) >= 11 is 3.44. The van der Waals surface area contributed by atoms with Gasteiger partial charge in [-0.3, -0.25) is 0 Å². The maximum absolute atomic E-state index is 5.54. The van der Waals surface area contributed by atoms with Crippen LogP contribution in [-0.2, 0) is 18.9 Å². The van der Waals surface area contributed by atoms with Gasteiger partial charge in [0.25, 0.3) is 5.79 Å². The molecule has 3 aliphatic rings. The zero-order valence-corrected chi connectivity index (χ0v) is 8.45. The first kappa shape index (κ1) is 8.38. The van der Waals surface area contributed by atoms with Crippen molar-refractivity contribution in [2.45, 2.75) is 18.2 Å². The van der Waals surface area contributed by atoms with E-state index in [0.29, 0.717) is 19.8 Å². The Bertz CT molecular complexity index is 259. The first-order valence-electron chi connectivity index (χ1n) is 4.24. The normalized spacial score (nSPS) is 41.2. The summed E-state index contributed by atoms with van der Waals surface area (Å²) in [5.41, 5.74) is 0. The van der Waals surface area contributed by atoms with E-state index in [0.717, 1.165) is 4.48 Å². The molecule has 0 unspecified atom stereocenters. The SMILES string of the molecule is BrC1=C[C@H]2CO[C@H](O2)C12OCCO2. The molecule has 0 aromatic heterocycles. The summed E-state index contributed by atoms with van der Waals surface area (Å²) in [4.78, 5) is 0. The van der Waals surface area contributed by atoms with Crippen LogP contribution in [0.2, 0.25) is 0 Å². The maximum atomic E-state index is 5.54. The number of rotatable bonds is 0. The summed E-state index contributed by atoms with van der Waals surface area (Å²) in [7, 11) is 0. The molecule has 2 bridgehead atoms. The van der Waals surface area contributed by atoms with Gasteiger partial charge in [0, 0.05) is 0 Å². The maximum Gasteiger partial charge on any atom is 0.254 e. The standard InChI is InChI=1S/C8H9BrO4/c9-6-3-5-4-10-7(13-5)8(6)11-1-2-12-8/h3,5,7H,1-2,4H2/t5-,7+/m0/s1. The van der Waals surface area contributed by atoms with Crippen LogP contribution < -0.4 is 0 Å². The highest BCUT2D eigenvalue weighted by molar-refractivity contribution is 9.11. The van der Waals surface area contributed by atoms with Crippen LogP contribution in [0.3, 0.4) is 0 Å². The van der Waals surface area contributed by atoms with Crippen molar-refractivity contribution in [3.8, 4) is 0 Å². The molecular weight excluding hydrogens is 240 g/mol. The van der Waals surface area contributed by atoms with Gasteiger partial charge in [0.1, 0.15) is 6.10 Å². The first-order valence-corrected chi connectivity index (χ1v) is 5.03. The van der Waals surface area contributed by atoms with Crippen LogP contribution in [0, 0.1) is 0 Å². The molecule has 2 saturated heterocycles. The lowest BCUT2D eigenvalue weighted by Gasteiger charge is -2.33. The zero-order valence-electron chi connectivity index (χ0n) is 6.86. The highest BCUT2D eigenvalue weighted by Crippen LogP contribution is 2.43. The fourth-order valence-corrected chi connectivity index (χ4v) is 2.51. The molecule has 3 aliphatic heterocycles. The fraction of sp³-hybridized carbons (Fsp3) is 0.750. The van der Waals surface area contributed by atoms with Gasteiger partial charge < -0.3 is 18.9 Å². The molecule has 0 radical (unpaired) electrons. The van der Waals surface area contributed by atoms with Crippen molar-refractivity contribution in [1.82, 2.24) is 0 Å². The minimum absolute atomic E-state index is 0.0396. The van der Waals surface area contributed by atoms with Gasteiger partial charge in [-0.1, -0.05) is 0 Å². The summed E-state index contributed by atoms with van der Waals surface area (Å²) < 4.78 is 22.9. The minimum Gasteiger partial charge on any atom is -0.344 e. The number of hydrogen-bond donors (Lipinski definition) is 0. The smallest absolute Gasteiger partial charge is 0.254 e. The van der Waals surface area contributed by atoms with E-state index in [2.05, 4.69) is 15.9 Å². The van der Waals surface area contributed by atoms with E-state index in [1.54, 1.807) is 0 Å². The minimum atomic E-state index is -0.826. The van der Waals surface area contributed by atoms with Crippen molar-refractivity contribution in [3.05, 3.63) is 10.6 Å². The van der Waals surface area contributed by atoms with Gasteiger partial charge in [0.2, 0.25) is 6.29 Å². The Labute approximate surface area is 83.9 Å². The average molecular weight is 249 g/mol. The lowest BCUT2D eigenvalue weighted by Crippen LogP contribution is -2.46. The lowest BCUT2D eigenvalue weighted by molar-refractivity contribution is -0.262. The van der Waals surface area contributed by atoms with Crippen molar-refractivity contribution in [2.75, 3.05) is 19.8 Å². The van der Waals surface area contributed by atoms with Crippen molar-refractivity contribution >= 4 is 15.9 Å². The Hall–Kier alpha value is 0.0600. The van der Waals surface area contributed by atoms with Gasteiger partial charge in [-0.2, -0.15) is 0 Å². The second-order valence-electron chi connectivity index (χ2n) is 3.22.